The van der Waals surface area contributed by atoms with Gasteiger partial charge < -0.3 is 5.41 Å². The van der Waals surface area contributed by atoms with E-state index in [1.165, 1.54) is 0 Å². The fourth-order valence-electron chi connectivity index (χ4n) is 0.967. The van der Waals surface area contributed by atoms with Gasteiger partial charge in [-0.15, -0.1) is 0 Å². The van der Waals surface area contributed by atoms with E-state index in [4.69, 9.17) is 5.41 Å². The maximum Gasteiger partial charge on any atom is 0.168 e. The molecule has 0 spiro atoms. The number of ketones is 1. The Bertz CT molecular complexity index is 290. The van der Waals surface area contributed by atoms with Crippen LogP contribution in [0.1, 0.15) is 23.7 Å². The predicted molar refractivity (Wildman–Crippen MR) is 48.8 cm³/mol. The third kappa shape index (κ3) is 2.31. The van der Waals surface area contributed by atoms with Crippen molar-refractivity contribution in [3.63, 3.8) is 0 Å². The van der Waals surface area contributed by atoms with E-state index in [1.807, 2.05) is 18.2 Å². The number of benzene rings is 1. The Balaban J connectivity index is 2.73. The number of hydrogen-bond acceptors (Lipinski definition) is 2. The average molecular weight is 161 g/mol. The Morgan fingerprint density at radius 3 is 2.42 bits per heavy atom. The van der Waals surface area contributed by atoms with Crippen LogP contribution >= 0.6 is 0 Å². The second-order valence-corrected chi connectivity index (χ2v) is 2.75. The molecule has 1 aromatic carbocycles. The molecule has 2 heteroatoms. The van der Waals surface area contributed by atoms with Gasteiger partial charge in [-0.2, -0.15) is 0 Å². The number of nitrogens with one attached hydrogen (secondary N) is 1. The van der Waals surface area contributed by atoms with E-state index in [9.17, 15) is 4.79 Å². The molecule has 0 unspecified atom stereocenters. The SMILES string of the molecule is CC(=N)CC(=O)c1ccccc1. The smallest absolute Gasteiger partial charge is 0.168 e. The lowest BCUT2D eigenvalue weighted by Crippen LogP contribution is -2.03. The van der Waals surface area contributed by atoms with Crippen molar-refractivity contribution in [2.45, 2.75) is 13.3 Å². The Morgan fingerprint density at radius 2 is 1.92 bits per heavy atom. The molecule has 1 N–H and O–H groups in total. The first-order chi connectivity index (χ1) is 5.70. The average Bonchev–Trinajstić information content (AvgIpc) is 2.05. The minimum atomic E-state index is 0.0168. The molecule has 1 aromatic rings. The van der Waals surface area contributed by atoms with Crippen molar-refractivity contribution in [3.8, 4) is 0 Å². The van der Waals surface area contributed by atoms with E-state index in [-0.39, 0.29) is 12.2 Å². The Hall–Kier alpha value is -1.44. The first-order valence-electron chi connectivity index (χ1n) is 3.82. The molecule has 0 aliphatic carbocycles. The van der Waals surface area contributed by atoms with Gasteiger partial charge in [0.15, 0.2) is 5.78 Å². The van der Waals surface area contributed by atoms with Gasteiger partial charge in [-0.05, 0) is 6.92 Å². The molecule has 0 fully saturated rings. The van der Waals surface area contributed by atoms with Gasteiger partial charge in [0.25, 0.3) is 0 Å². The second kappa shape index (κ2) is 3.81. The molecular formula is C10H11NO. The highest BCUT2D eigenvalue weighted by atomic mass is 16.1. The van der Waals surface area contributed by atoms with Gasteiger partial charge >= 0.3 is 0 Å². The monoisotopic (exact) mass is 161 g/mol. The van der Waals surface area contributed by atoms with Crippen molar-refractivity contribution in [3.05, 3.63) is 35.9 Å². The van der Waals surface area contributed by atoms with Gasteiger partial charge in [-0.1, -0.05) is 30.3 Å². The highest BCUT2D eigenvalue weighted by Crippen LogP contribution is 2.02. The third-order valence-corrected chi connectivity index (χ3v) is 1.52. The van der Waals surface area contributed by atoms with Crippen LogP contribution in [-0.4, -0.2) is 11.5 Å². The number of rotatable bonds is 3. The summed E-state index contributed by atoms with van der Waals surface area (Å²) in [4.78, 5) is 11.3. The number of carbonyl (C=O) groups is 1. The minimum absolute atomic E-state index is 0.0168. The summed E-state index contributed by atoms with van der Waals surface area (Å²) in [5.74, 6) is 0.0168. The standard InChI is InChI=1S/C10H11NO/c1-8(11)7-10(12)9-5-3-2-4-6-9/h2-6,11H,7H2,1H3. The molecule has 1 rings (SSSR count). The van der Waals surface area contributed by atoms with Crippen LogP contribution in [0, 0.1) is 5.41 Å². The molecule has 0 saturated heterocycles. The summed E-state index contributed by atoms with van der Waals surface area (Å²) in [6.45, 7) is 1.64. The van der Waals surface area contributed by atoms with Crippen molar-refractivity contribution in [2.75, 3.05) is 0 Å². The summed E-state index contributed by atoms with van der Waals surface area (Å²) in [5.41, 5.74) is 1.09. The molecule has 0 bridgehead atoms. The fraction of sp³-hybridized carbons (Fsp3) is 0.200. The van der Waals surface area contributed by atoms with Gasteiger partial charge in [0.2, 0.25) is 0 Å². The molecular weight excluding hydrogens is 150 g/mol. The van der Waals surface area contributed by atoms with Crippen LogP contribution in [0.25, 0.3) is 0 Å². The molecule has 0 radical (unpaired) electrons. The Kier molecular flexibility index (Phi) is 2.75. The zero-order chi connectivity index (χ0) is 8.97. The lowest BCUT2D eigenvalue weighted by Gasteiger charge is -1.97. The van der Waals surface area contributed by atoms with Crippen LogP contribution in [0.2, 0.25) is 0 Å². The van der Waals surface area contributed by atoms with Crippen LogP contribution in [0.15, 0.2) is 30.3 Å². The first-order valence-corrected chi connectivity index (χ1v) is 3.82. The van der Waals surface area contributed by atoms with Gasteiger partial charge in [0, 0.05) is 17.7 Å². The highest BCUT2D eigenvalue weighted by molar-refractivity contribution is 6.08. The zero-order valence-corrected chi connectivity index (χ0v) is 7.00. The number of carbonyl (C=O) groups excluding carboxylic acids is 1. The van der Waals surface area contributed by atoms with Crippen LogP contribution in [0.4, 0.5) is 0 Å². The van der Waals surface area contributed by atoms with Crippen LogP contribution < -0.4 is 0 Å². The molecule has 2 nitrogen and oxygen atoms in total. The molecule has 0 atom stereocenters. The van der Waals surface area contributed by atoms with Gasteiger partial charge in [-0.25, -0.2) is 0 Å². The molecule has 0 aliphatic rings. The summed E-state index contributed by atoms with van der Waals surface area (Å²) < 4.78 is 0. The molecule has 0 amide bonds. The van der Waals surface area contributed by atoms with Gasteiger partial charge in [0.05, 0.1) is 0 Å². The summed E-state index contributed by atoms with van der Waals surface area (Å²) >= 11 is 0. The Labute approximate surface area is 71.7 Å². The number of Topliss-reactive ketones (excluding diaryl/α,β-unsaturated/α-hetero) is 1. The quantitative estimate of drug-likeness (QED) is 0.536. The van der Waals surface area contributed by atoms with Crippen LogP contribution in [0.3, 0.4) is 0 Å². The number of hydrogen-bond donors (Lipinski definition) is 1. The molecule has 0 aromatic heterocycles. The molecule has 0 saturated carbocycles. The predicted octanol–water partition coefficient (Wildman–Crippen LogP) is 2.30. The van der Waals surface area contributed by atoms with Crippen LogP contribution in [-0.2, 0) is 0 Å². The van der Waals surface area contributed by atoms with E-state index >= 15 is 0 Å². The maximum atomic E-state index is 11.3. The Morgan fingerprint density at radius 1 is 1.33 bits per heavy atom. The van der Waals surface area contributed by atoms with Gasteiger partial charge in [-0.3, -0.25) is 4.79 Å². The second-order valence-electron chi connectivity index (χ2n) is 2.75. The normalized spacial score (nSPS) is 9.42. The van der Waals surface area contributed by atoms with E-state index in [0.29, 0.717) is 11.3 Å². The highest BCUT2D eigenvalue weighted by Gasteiger charge is 2.04. The zero-order valence-electron chi connectivity index (χ0n) is 7.00. The lowest BCUT2D eigenvalue weighted by molar-refractivity contribution is 0.100. The van der Waals surface area contributed by atoms with Crippen molar-refractivity contribution >= 4 is 11.5 Å². The molecule has 0 heterocycles. The summed E-state index contributed by atoms with van der Waals surface area (Å²) in [7, 11) is 0. The summed E-state index contributed by atoms with van der Waals surface area (Å²) in [6.07, 6.45) is 0.226. The molecule has 12 heavy (non-hydrogen) atoms. The van der Waals surface area contributed by atoms with Gasteiger partial charge in [0.1, 0.15) is 0 Å². The van der Waals surface area contributed by atoms with E-state index < -0.39 is 0 Å². The van der Waals surface area contributed by atoms with Crippen LogP contribution in [0.5, 0.6) is 0 Å². The molecule has 62 valence electrons. The molecule has 0 aliphatic heterocycles. The van der Waals surface area contributed by atoms with Crippen molar-refractivity contribution in [2.24, 2.45) is 0 Å². The topological polar surface area (TPSA) is 40.9 Å². The summed E-state index contributed by atoms with van der Waals surface area (Å²) in [6, 6.07) is 9.06. The van der Waals surface area contributed by atoms with E-state index in [1.54, 1.807) is 19.1 Å². The largest absolute Gasteiger partial charge is 0.310 e. The van der Waals surface area contributed by atoms with Crippen molar-refractivity contribution < 1.29 is 4.79 Å². The van der Waals surface area contributed by atoms with Crippen molar-refractivity contribution in [1.82, 2.24) is 0 Å². The first kappa shape index (κ1) is 8.65. The minimum Gasteiger partial charge on any atom is -0.310 e. The lowest BCUT2D eigenvalue weighted by atomic mass is 10.1. The maximum absolute atomic E-state index is 11.3. The van der Waals surface area contributed by atoms with Crippen molar-refractivity contribution in [1.29, 1.82) is 5.41 Å². The van der Waals surface area contributed by atoms with E-state index in [2.05, 4.69) is 0 Å². The summed E-state index contributed by atoms with van der Waals surface area (Å²) in [5, 5.41) is 7.15. The fourth-order valence-corrected chi connectivity index (χ4v) is 0.967. The van der Waals surface area contributed by atoms with E-state index in [0.717, 1.165) is 0 Å². The third-order valence-electron chi connectivity index (χ3n) is 1.52.